The molecule has 0 atom stereocenters. The number of aromatic nitrogens is 2. The van der Waals surface area contributed by atoms with Crippen molar-refractivity contribution in [1.29, 1.82) is 0 Å². The number of fused-ring (bicyclic) bond motifs is 1. The highest BCUT2D eigenvalue weighted by Crippen LogP contribution is 2.22. The van der Waals surface area contributed by atoms with E-state index >= 15 is 0 Å². The molecule has 0 aliphatic carbocycles. The molecule has 1 fully saturated rings. The number of nitrogens with one attached hydrogen (secondary N) is 1. The summed E-state index contributed by atoms with van der Waals surface area (Å²) >= 11 is 6.22. The molecule has 2 aromatic carbocycles. The van der Waals surface area contributed by atoms with E-state index < -0.39 is 0 Å². The highest BCUT2D eigenvalue weighted by Gasteiger charge is 2.18. The molecule has 5 rings (SSSR count). The molecule has 0 saturated carbocycles. The lowest BCUT2D eigenvalue weighted by atomic mass is 10.1. The summed E-state index contributed by atoms with van der Waals surface area (Å²) in [6, 6.07) is 18.8. The van der Waals surface area contributed by atoms with Crippen molar-refractivity contribution in [3.63, 3.8) is 0 Å². The fourth-order valence-corrected chi connectivity index (χ4v) is 4.56. The van der Waals surface area contributed by atoms with E-state index in [1.807, 2.05) is 41.0 Å². The Bertz CT molecular complexity index is 1420. The molecule has 0 spiro atoms. The number of carbonyl (C=O) groups excluding carboxylic acids is 1. The number of alkyl halides is 1. The number of para-hydroxylation sites is 1. The van der Waals surface area contributed by atoms with Crippen molar-refractivity contribution in [3.05, 3.63) is 99.4 Å². The van der Waals surface area contributed by atoms with Gasteiger partial charge in [-0.15, -0.1) is 0 Å². The molecule has 3 heterocycles. The highest BCUT2D eigenvalue weighted by molar-refractivity contribution is 6.31. The van der Waals surface area contributed by atoms with E-state index in [0.717, 1.165) is 37.4 Å². The number of piperidine rings is 1. The van der Waals surface area contributed by atoms with Gasteiger partial charge in [0.15, 0.2) is 5.43 Å². The summed E-state index contributed by atoms with van der Waals surface area (Å²) < 4.78 is 11.4. The molecule has 9 heteroatoms. The van der Waals surface area contributed by atoms with E-state index in [1.54, 1.807) is 36.7 Å². The molecule has 3 N–H and O–H groups in total. The average molecular weight is 522 g/mol. The third-order valence-corrected chi connectivity index (χ3v) is 6.62. The molecule has 0 unspecified atom stereocenters. The summed E-state index contributed by atoms with van der Waals surface area (Å²) in [5.41, 5.74) is 8.37. The standard InChI is InChI=1S/C27H26ClN5O2.CH3F/c28-20-7-8-23-24(14-20)33(22-4-2-1-3-5-22)17-19(26(23)34)16-31-27(35)18-6-9-25(30-15-18)32-12-10-21(29)11-13-32;1-2/h1-9,14-15,17,21H,10-13,16,29H2,(H,31,35);1H3. The van der Waals surface area contributed by atoms with Crippen molar-refractivity contribution in [2.45, 2.75) is 25.4 Å². The Morgan fingerprint density at radius 2 is 1.84 bits per heavy atom. The number of hydrogen-bond donors (Lipinski definition) is 2. The number of benzene rings is 2. The molecule has 37 heavy (non-hydrogen) atoms. The number of pyridine rings is 2. The maximum atomic E-state index is 13.2. The van der Waals surface area contributed by atoms with Crippen molar-refractivity contribution in [2.75, 3.05) is 25.2 Å². The fourth-order valence-electron chi connectivity index (χ4n) is 4.39. The number of rotatable bonds is 5. The minimum atomic E-state index is -0.286. The van der Waals surface area contributed by atoms with E-state index in [4.69, 9.17) is 17.3 Å². The van der Waals surface area contributed by atoms with Crippen LogP contribution in [0.5, 0.6) is 0 Å². The Labute approximate surface area is 219 Å². The number of halogens is 2. The number of amides is 1. The van der Waals surface area contributed by atoms with Crippen LogP contribution in [-0.4, -0.2) is 41.8 Å². The van der Waals surface area contributed by atoms with Gasteiger partial charge in [0, 0.05) is 59.7 Å². The van der Waals surface area contributed by atoms with Gasteiger partial charge in [0.1, 0.15) is 5.82 Å². The predicted molar refractivity (Wildman–Crippen MR) is 146 cm³/mol. The van der Waals surface area contributed by atoms with Crippen LogP contribution in [0.15, 0.2) is 77.9 Å². The highest BCUT2D eigenvalue weighted by atomic mass is 35.5. The molecule has 1 saturated heterocycles. The lowest BCUT2D eigenvalue weighted by Crippen LogP contribution is -2.40. The molecule has 1 aliphatic rings. The van der Waals surface area contributed by atoms with Gasteiger partial charge < -0.3 is 20.5 Å². The van der Waals surface area contributed by atoms with Gasteiger partial charge in [0.05, 0.1) is 18.3 Å². The molecule has 1 amide bonds. The van der Waals surface area contributed by atoms with Crippen molar-refractivity contribution in [2.24, 2.45) is 5.73 Å². The molecule has 1 aliphatic heterocycles. The second-order valence-corrected chi connectivity index (χ2v) is 9.20. The average Bonchev–Trinajstić information content (AvgIpc) is 2.94. The number of nitrogens with two attached hydrogens (primary N) is 1. The minimum Gasteiger partial charge on any atom is -0.357 e. The van der Waals surface area contributed by atoms with Gasteiger partial charge in [-0.05, 0) is 55.3 Å². The first-order valence-corrected chi connectivity index (χ1v) is 12.4. The fraction of sp³-hybridized carbons (Fsp3) is 0.250. The van der Waals surface area contributed by atoms with Gasteiger partial charge in [0.2, 0.25) is 0 Å². The van der Waals surface area contributed by atoms with E-state index in [-0.39, 0.29) is 23.9 Å². The van der Waals surface area contributed by atoms with Gasteiger partial charge in [-0.3, -0.25) is 14.0 Å². The van der Waals surface area contributed by atoms with Gasteiger partial charge in [0.25, 0.3) is 5.91 Å². The van der Waals surface area contributed by atoms with Crippen molar-refractivity contribution in [1.82, 2.24) is 14.9 Å². The van der Waals surface area contributed by atoms with Crippen LogP contribution in [0, 0.1) is 0 Å². The summed E-state index contributed by atoms with van der Waals surface area (Å²) in [5.74, 6) is 0.555. The lowest BCUT2D eigenvalue weighted by Gasteiger charge is -2.31. The zero-order valence-electron chi connectivity index (χ0n) is 20.5. The van der Waals surface area contributed by atoms with Gasteiger partial charge in [-0.1, -0.05) is 29.8 Å². The number of carbonyl (C=O) groups is 1. The van der Waals surface area contributed by atoms with Gasteiger partial charge >= 0.3 is 0 Å². The minimum absolute atomic E-state index is 0.0921. The number of hydrogen-bond acceptors (Lipinski definition) is 5. The first-order valence-electron chi connectivity index (χ1n) is 12.0. The Morgan fingerprint density at radius 1 is 1.11 bits per heavy atom. The number of nitrogens with zero attached hydrogens (tertiary/aromatic N) is 3. The monoisotopic (exact) mass is 521 g/mol. The van der Waals surface area contributed by atoms with E-state index in [9.17, 15) is 14.0 Å². The van der Waals surface area contributed by atoms with Gasteiger partial charge in [-0.25, -0.2) is 4.98 Å². The Balaban J connectivity index is 0.00000156. The van der Waals surface area contributed by atoms with Crippen molar-refractivity contribution >= 4 is 34.2 Å². The zero-order valence-corrected chi connectivity index (χ0v) is 21.3. The molecule has 4 aromatic rings. The maximum absolute atomic E-state index is 13.2. The summed E-state index contributed by atoms with van der Waals surface area (Å²) in [4.78, 5) is 32.6. The molecule has 0 bridgehead atoms. The van der Waals surface area contributed by atoms with Crippen molar-refractivity contribution < 1.29 is 9.18 Å². The molecule has 2 aromatic heterocycles. The van der Waals surface area contributed by atoms with Crippen LogP contribution in [-0.2, 0) is 6.54 Å². The molecule has 0 radical (unpaired) electrons. The summed E-state index contributed by atoms with van der Waals surface area (Å²) in [7, 11) is 0.500. The number of anilines is 1. The third-order valence-electron chi connectivity index (χ3n) is 6.39. The van der Waals surface area contributed by atoms with E-state index in [0.29, 0.717) is 34.2 Å². The van der Waals surface area contributed by atoms with E-state index in [1.165, 1.54) is 0 Å². The Kier molecular flexibility index (Phi) is 8.53. The predicted octanol–water partition coefficient (Wildman–Crippen LogP) is 4.48. The second-order valence-electron chi connectivity index (χ2n) is 8.76. The quantitative estimate of drug-likeness (QED) is 0.404. The van der Waals surface area contributed by atoms with Crippen LogP contribution in [0.1, 0.15) is 28.8 Å². The maximum Gasteiger partial charge on any atom is 0.253 e. The van der Waals surface area contributed by atoms with Crippen LogP contribution in [0.25, 0.3) is 16.6 Å². The van der Waals surface area contributed by atoms with Crippen LogP contribution in [0.3, 0.4) is 0 Å². The van der Waals surface area contributed by atoms with E-state index in [2.05, 4.69) is 15.2 Å². The normalized spacial score (nSPS) is 13.7. The van der Waals surface area contributed by atoms with Crippen LogP contribution in [0.4, 0.5) is 10.2 Å². The Hall–Kier alpha value is -3.75. The summed E-state index contributed by atoms with van der Waals surface area (Å²) in [6.45, 7) is 1.82. The summed E-state index contributed by atoms with van der Waals surface area (Å²) in [5, 5.41) is 3.95. The third kappa shape index (κ3) is 5.98. The molecular weight excluding hydrogens is 493 g/mol. The topological polar surface area (TPSA) is 93.2 Å². The van der Waals surface area contributed by atoms with Crippen LogP contribution in [0.2, 0.25) is 5.02 Å². The first kappa shape index (κ1) is 26.3. The Morgan fingerprint density at radius 3 is 2.51 bits per heavy atom. The summed E-state index contributed by atoms with van der Waals surface area (Å²) in [6.07, 6.45) is 5.20. The van der Waals surface area contributed by atoms with Crippen LogP contribution < -0.4 is 21.4 Å². The smallest absolute Gasteiger partial charge is 0.253 e. The molecule has 192 valence electrons. The first-order chi connectivity index (χ1) is 18.0. The molecular formula is C28H29ClFN5O2. The van der Waals surface area contributed by atoms with Crippen LogP contribution >= 0.6 is 11.6 Å². The van der Waals surface area contributed by atoms with Crippen molar-refractivity contribution in [3.8, 4) is 5.69 Å². The lowest BCUT2D eigenvalue weighted by molar-refractivity contribution is 0.0950. The zero-order chi connectivity index (χ0) is 26.4. The largest absolute Gasteiger partial charge is 0.357 e. The SMILES string of the molecule is CF.NC1CCN(c2ccc(C(=O)NCc3cn(-c4ccccc4)c4cc(Cl)ccc4c3=O)cn2)CC1. The molecule has 7 nitrogen and oxygen atoms in total. The van der Waals surface area contributed by atoms with Gasteiger partial charge in [-0.2, -0.15) is 0 Å². The second kappa shape index (κ2) is 12.0.